The SMILES string of the molecule is N#C/C(=C\c1cc(Br)cc(Br)c1OS(=O)(=O)c1ccccc1)c1ccc([N+](=O)[O-])cc1. The molecule has 0 saturated heterocycles. The molecule has 0 aliphatic rings. The largest absolute Gasteiger partial charge is 0.377 e. The van der Waals surface area contributed by atoms with Crippen molar-refractivity contribution in [2.45, 2.75) is 4.90 Å². The lowest BCUT2D eigenvalue weighted by molar-refractivity contribution is -0.384. The van der Waals surface area contributed by atoms with Crippen molar-refractivity contribution in [1.82, 2.24) is 0 Å². The number of nitro groups is 1. The fourth-order valence-electron chi connectivity index (χ4n) is 2.62. The van der Waals surface area contributed by atoms with Crippen LogP contribution in [0.15, 0.2) is 80.6 Å². The summed E-state index contributed by atoms with van der Waals surface area (Å²) in [5, 5.41) is 20.5. The molecule has 31 heavy (non-hydrogen) atoms. The van der Waals surface area contributed by atoms with Crippen LogP contribution in [0.5, 0.6) is 5.75 Å². The Balaban J connectivity index is 2.08. The molecule has 0 aliphatic carbocycles. The molecule has 0 atom stereocenters. The lowest BCUT2D eigenvalue weighted by Gasteiger charge is -2.13. The maximum absolute atomic E-state index is 12.7. The van der Waals surface area contributed by atoms with Crippen LogP contribution in [-0.2, 0) is 10.1 Å². The summed E-state index contributed by atoms with van der Waals surface area (Å²) in [7, 11) is -4.13. The average Bonchev–Trinajstić information content (AvgIpc) is 2.75. The van der Waals surface area contributed by atoms with Crippen molar-refractivity contribution in [3.05, 3.63) is 96.9 Å². The van der Waals surface area contributed by atoms with Gasteiger partial charge in [0.25, 0.3) is 5.69 Å². The van der Waals surface area contributed by atoms with Gasteiger partial charge in [0.05, 0.1) is 21.0 Å². The Kier molecular flexibility index (Phi) is 6.90. The van der Waals surface area contributed by atoms with Gasteiger partial charge in [-0.3, -0.25) is 10.1 Å². The lowest BCUT2D eigenvalue weighted by atomic mass is 10.0. The molecule has 3 rings (SSSR count). The van der Waals surface area contributed by atoms with Gasteiger partial charge in [-0.05, 0) is 64.0 Å². The molecule has 10 heteroatoms. The van der Waals surface area contributed by atoms with E-state index in [0.717, 1.165) is 0 Å². The van der Waals surface area contributed by atoms with Crippen molar-refractivity contribution >= 4 is 59.3 Å². The van der Waals surface area contributed by atoms with E-state index in [9.17, 15) is 23.8 Å². The van der Waals surface area contributed by atoms with Gasteiger partial charge in [0.1, 0.15) is 4.90 Å². The monoisotopic (exact) mass is 562 g/mol. The molecule has 156 valence electrons. The molecule has 0 aromatic heterocycles. The second-order valence-corrected chi connectivity index (χ2v) is 9.45. The Hall–Kier alpha value is -3.00. The first-order chi connectivity index (χ1) is 14.7. The van der Waals surface area contributed by atoms with Gasteiger partial charge in [0.15, 0.2) is 5.75 Å². The van der Waals surface area contributed by atoms with E-state index in [-0.39, 0.29) is 21.9 Å². The Morgan fingerprint density at radius 3 is 2.29 bits per heavy atom. The fourth-order valence-corrected chi connectivity index (χ4v) is 5.06. The molecule has 3 aromatic rings. The van der Waals surface area contributed by atoms with Gasteiger partial charge in [-0.2, -0.15) is 13.7 Å². The van der Waals surface area contributed by atoms with Crippen LogP contribution in [0.2, 0.25) is 0 Å². The van der Waals surface area contributed by atoms with Gasteiger partial charge in [0, 0.05) is 22.2 Å². The Morgan fingerprint density at radius 2 is 1.71 bits per heavy atom. The molecule has 7 nitrogen and oxygen atoms in total. The number of nitro benzene ring substituents is 1. The number of nitriles is 1. The second kappa shape index (κ2) is 9.43. The van der Waals surface area contributed by atoms with Crippen molar-refractivity contribution in [2.24, 2.45) is 0 Å². The summed E-state index contributed by atoms with van der Waals surface area (Å²) in [6.45, 7) is 0. The zero-order valence-electron chi connectivity index (χ0n) is 15.5. The Bertz CT molecular complexity index is 1320. The quantitative estimate of drug-likeness (QED) is 0.120. The van der Waals surface area contributed by atoms with Crippen molar-refractivity contribution in [2.75, 3.05) is 0 Å². The predicted molar refractivity (Wildman–Crippen MR) is 123 cm³/mol. The minimum Gasteiger partial charge on any atom is -0.377 e. The van der Waals surface area contributed by atoms with E-state index in [0.29, 0.717) is 20.1 Å². The van der Waals surface area contributed by atoms with E-state index in [1.54, 1.807) is 30.3 Å². The molecule has 0 saturated carbocycles. The smallest absolute Gasteiger partial charge is 0.339 e. The normalized spacial score (nSPS) is 11.6. The van der Waals surface area contributed by atoms with Crippen molar-refractivity contribution < 1.29 is 17.5 Å². The number of benzene rings is 3. The molecule has 0 heterocycles. The first-order valence-corrected chi connectivity index (χ1v) is 11.6. The van der Waals surface area contributed by atoms with Crippen LogP contribution in [0.1, 0.15) is 11.1 Å². The molecule has 0 radical (unpaired) electrons. The van der Waals surface area contributed by atoms with Crippen LogP contribution in [0.25, 0.3) is 11.6 Å². The molecular weight excluding hydrogens is 552 g/mol. The zero-order valence-corrected chi connectivity index (χ0v) is 19.5. The van der Waals surface area contributed by atoms with E-state index in [2.05, 4.69) is 31.9 Å². The fraction of sp³-hybridized carbons (Fsp3) is 0. The lowest BCUT2D eigenvalue weighted by Crippen LogP contribution is -2.10. The summed E-state index contributed by atoms with van der Waals surface area (Å²) in [5.41, 5.74) is 0.808. The highest BCUT2D eigenvalue weighted by Crippen LogP contribution is 2.37. The molecule has 0 unspecified atom stereocenters. The predicted octanol–water partition coefficient (Wildman–Crippen LogP) is 5.95. The molecule has 0 N–H and O–H groups in total. The van der Waals surface area contributed by atoms with E-state index < -0.39 is 15.0 Å². The molecule has 0 amide bonds. The highest BCUT2D eigenvalue weighted by Gasteiger charge is 2.21. The first-order valence-electron chi connectivity index (χ1n) is 8.56. The minimum atomic E-state index is -4.13. The third kappa shape index (κ3) is 5.38. The highest BCUT2D eigenvalue weighted by molar-refractivity contribution is 9.11. The molecule has 0 spiro atoms. The Morgan fingerprint density at radius 1 is 1.06 bits per heavy atom. The van der Waals surface area contributed by atoms with Crippen LogP contribution in [0.4, 0.5) is 5.69 Å². The van der Waals surface area contributed by atoms with Crippen LogP contribution >= 0.6 is 31.9 Å². The van der Waals surface area contributed by atoms with Gasteiger partial charge in [0.2, 0.25) is 0 Å². The van der Waals surface area contributed by atoms with Crippen LogP contribution in [0.3, 0.4) is 0 Å². The zero-order chi connectivity index (χ0) is 22.6. The summed E-state index contributed by atoms with van der Waals surface area (Å²) >= 11 is 6.65. The van der Waals surface area contributed by atoms with Crippen molar-refractivity contribution in [3.8, 4) is 11.8 Å². The van der Waals surface area contributed by atoms with Gasteiger partial charge in [-0.15, -0.1) is 0 Å². The first kappa shape index (κ1) is 22.7. The number of rotatable bonds is 6. The summed E-state index contributed by atoms with van der Waals surface area (Å²) in [6.07, 6.45) is 1.45. The van der Waals surface area contributed by atoms with E-state index >= 15 is 0 Å². The Labute approximate surface area is 195 Å². The summed E-state index contributed by atoms with van der Waals surface area (Å²) in [6, 6.07) is 18.4. The molecule has 0 aliphatic heterocycles. The summed E-state index contributed by atoms with van der Waals surface area (Å²) in [5.74, 6) is 0.00159. The number of halogens is 2. The van der Waals surface area contributed by atoms with Crippen molar-refractivity contribution in [3.63, 3.8) is 0 Å². The highest BCUT2D eigenvalue weighted by atomic mass is 79.9. The van der Waals surface area contributed by atoms with E-state index in [1.165, 1.54) is 42.5 Å². The summed E-state index contributed by atoms with van der Waals surface area (Å²) < 4.78 is 31.8. The standard InChI is InChI=1S/C21H12Br2N2O5S/c22-17-11-15(10-16(13-24)14-6-8-18(9-7-14)25(26)27)21(20(23)12-17)30-31(28,29)19-4-2-1-3-5-19/h1-12H/b16-10+. The topological polar surface area (TPSA) is 110 Å². The number of non-ortho nitro benzene ring substituents is 1. The number of nitrogens with zero attached hydrogens (tertiary/aromatic N) is 2. The number of hydrogen-bond donors (Lipinski definition) is 0. The van der Waals surface area contributed by atoms with Gasteiger partial charge >= 0.3 is 10.1 Å². The third-order valence-electron chi connectivity index (χ3n) is 4.07. The van der Waals surface area contributed by atoms with Crippen LogP contribution in [-0.4, -0.2) is 13.3 Å². The van der Waals surface area contributed by atoms with E-state index in [4.69, 9.17) is 4.18 Å². The number of hydrogen-bond acceptors (Lipinski definition) is 6. The average molecular weight is 564 g/mol. The maximum Gasteiger partial charge on any atom is 0.339 e. The van der Waals surface area contributed by atoms with Gasteiger partial charge in [-0.1, -0.05) is 34.1 Å². The summed E-state index contributed by atoms with van der Waals surface area (Å²) in [4.78, 5) is 10.3. The third-order valence-corrected chi connectivity index (χ3v) is 6.35. The van der Waals surface area contributed by atoms with Crippen LogP contribution in [0, 0.1) is 21.4 Å². The second-order valence-electron chi connectivity index (χ2n) is 6.13. The van der Waals surface area contributed by atoms with E-state index in [1.807, 2.05) is 6.07 Å². The molecular formula is C21H12Br2N2O5S. The van der Waals surface area contributed by atoms with Crippen LogP contribution < -0.4 is 4.18 Å². The molecule has 0 fully saturated rings. The van der Waals surface area contributed by atoms with Gasteiger partial charge in [-0.25, -0.2) is 0 Å². The minimum absolute atomic E-state index is 0.00159. The maximum atomic E-state index is 12.7. The molecule has 0 bridgehead atoms. The van der Waals surface area contributed by atoms with Crippen molar-refractivity contribution in [1.29, 1.82) is 5.26 Å². The molecule has 3 aromatic carbocycles. The number of allylic oxidation sites excluding steroid dienone is 1. The van der Waals surface area contributed by atoms with Gasteiger partial charge < -0.3 is 4.18 Å².